The van der Waals surface area contributed by atoms with Crippen LogP contribution in [-0.4, -0.2) is 49.4 Å². The molecule has 1 aliphatic rings. The minimum atomic E-state index is 0.363. The topological polar surface area (TPSA) is 23.6 Å². The highest BCUT2D eigenvalue weighted by atomic mass is 16.2. The standard InChI is InChI=1S/C10H20N2O/c1-4-12(8-7-11(2)3)10(13)9-5-6-9/h9H,4-8H2,1-3H3. The molecule has 0 aliphatic heterocycles. The molecule has 0 spiro atoms. The fourth-order valence-electron chi connectivity index (χ4n) is 1.33. The van der Waals surface area contributed by atoms with Crippen LogP contribution in [0.25, 0.3) is 0 Å². The van der Waals surface area contributed by atoms with E-state index >= 15 is 0 Å². The second-order valence-electron chi connectivity index (χ2n) is 4.00. The molecule has 0 N–H and O–H groups in total. The molecule has 3 nitrogen and oxygen atoms in total. The maximum Gasteiger partial charge on any atom is 0.225 e. The molecule has 0 heterocycles. The smallest absolute Gasteiger partial charge is 0.225 e. The van der Waals surface area contributed by atoms with Gasteiger partial charge < -0.3 is 9.80 Å². The Labute approximate surface area is 80.7 Å². The number of hydrogen-bond donors (Lipinski definition) is 0. The lowest BCUT2D eigenvalue weighted by atomic mass is 10.3. The summed E-state index contributed by atoms with van der Waals surface area (Å²) in [6.07, 6.45) is 2.22. The van der Waals surface area contributed by atoms with E-state index in [4.69, 9.17) is 0 Å². The molecule has 0 aromatic carbocycles. The van der Waals surface area contributed by atoms with E-state index in [0.717, 1.165) is 32.5 Å². The van der Waals surface area contributed by atoms with E-state index < -0.39 is 0 Å². The maximum atomic E-state index is 11.7. The number of rotatable bonds is 5. The minimum absolute atomic E-state index is 0.363. The molecule has 1 saturated carbocycles. The lowest BCUT2D eigenvalue weighted by molar-refractivity contribution is -0.132. The number of likely N-dealkylation sites (N-methyl/N-ethyl adjacent to an activating group) is 2. The predicted molar refractivity (Wildman–Crippen MR) is 53.5 cm³/mol. The van der Waals surface area contributed by atoms with Gasteiger partial charge in [-0.15, -0.1) is 0 Å². The molecule has 1 rings (SSSR count). The van der Waals surface area contributed by atoms with E-state index in [1.807, 2.05) is 19.0 Å². The Bertz CT molecular complexity index is 176. The summed E-state index contributed by atoms with van der Waals surface area (Å²) in [6, 6.07) is 0. The molecule has 0 saturated heterocycles. The second kappa shape index (κ2) is 4.61. The summed E-state index contributed by atoms with van der Waals surface area (Å²) < 4.78 is 0. The molecule has 1 amide bonds. The summed E-state index contributed by atoms with van der Waals surface area (Å²) in [4.78, 5) is 15.7. The van der Waals surface area contributed by atoms with Crippen molar-refractivity contribution >= 4 is 5.91 Å². The third-order valence-electron chi connectivity index (χ3n) is 2.44. The molecule has 0 atom stereocenters. The van der Waals surface area contributed by atoms with E-state index in [1.165, 1.54) is 0 Å². The number of carbonyl (C=O) groups is 1. The number of hydrogen-bond acceptors (Lipinski definition) is 2. The van der Waals surface area contributed by atoms with Crippen LogP contribution in [0.4, 0.5) is 0 Å². The van der Waals surface area contributed by atoms with Gasteiger partial charge in [-0.3, -0.25) is 4.79 Å². The average molecular weight is 184 g/mol. The van der Waals surface area contributed by atoms with Crippen molar-refractivity contribution in [2.45, 2.75) is 19.8 Å². The van der Waals surface area contributed by atoms with Crippen molar-refractivity contribution in [1.82, 2.24) is 9.80 Å². The molecular weight excluding hydrogens is 164 g/mol. The summed E-state index contributed by atoms with van der Waals surface area (Å²) in [5, 5.41) is 0. The third kappa shape index (κ3) is 3.35. The second-order valence-corrected chi connectivity index (χ2v) is 4.00. The van der Waals surface area contributed by atoms with Crippen LogP contribution < -0.4 is 0 Å². The van der Waals surface area contributed by atoms with Crippen molar-refractivity contribution in [1.29, 1.82) is 0 Å². The van der Waals surface area contributed by atoms with Crippen LogP contribution in [0.3, 0.4) is 0 Å². The van der Waals surface area contributed by atoms with Gasteiger partial charge in [0, 0.05) is 25.6 Å². The zero-order valence-corrected chi connectivity index (χ0v) is 8.92. The Morgan fingerprint density at radius 1 is 1.31 bits per heavy atom. The predicted octanol–water partition coefficient (Wildman–Crippen LogP) is 0.806. The lowest BCUT2D eigenvalue weighted by Crippen LogP contribution is -2.37. The highest BCUT2D eigenvalue weighted by molar-refractivity contribution is 5.80. The molecule has 76 valence electrons. The van der Waals surface area contributed by atoms with Gasteiger partial charge in [-0.25, -0.2) is 0 Å². The SMILES string of the molecule is CCN(CCN(C)C)C(=O)C1CC1. The van der Waals surface area contributed by atoms with Gasteiger partial charge in [0.2, 0.25) is 5.91 Å². The Morgan fingerprint density at radius 3 is 2.31 bits per heavy atom. The van der Waals surface area contributed by atoms with Gasteiger partial charge in [0.05, 0.1) is 0 Å². The maximum absolute atomic E-state index is 11.7. The third-order valence-corrected chi connectivity index (χ3v) is 2.44. The fraction of sp³-hybridized carbons (Fsp3) is 0.900. The van der Waals surface area contributed by atoms with Crippen molar-refractivity contribution in [3.05, 3.63) is 0 Å². The Morgan fingerprint density at radius 2 is 1.92 bits per heavy atom. The van der Waals surface area contributed by atoms with Crippen LogP contribution in [0, 0.1) is 5.92 Å². The summed E-state index contributed by atoms with van der Waals surface area (Å²) in [6.45, 7) is 4.74. The molecule has 0 bridgehead atoms. The highest BCUT2D eigenvalue weighted by Crippen LogP contribution is 2.30. The van der Waals surface area contributed by atoms with Gasteiger partial charge in [0.15, 0.2) is 0 Å². The molecule has 0 radical (unpaired) electrons. The summed E-state index contributed by atoms with van der Waals surface area (Å²) >= 11 is 0. The van der Waals surface area contributed by atoms with Gasteiger partial charge in [-0.2, -0.15) is 0 Å². The monoisotopic (exact) mass is 184 g/mol. The van der Waals surface area contributed by atoms with E-state index in [0.29, 0.717) is 11.8 Å². The summed E-state index contributed by atoms with van der Waals surface area (Å²) in [5.41, 5.74) is 0. The van der Waals surface area contributed by atoms with Crippen molar-refractivity contribution in [3.8, 4) is 0 Å². The van der Waals surface area contributed by atoms with Crippen molar-refractivity contribution in [2.75, 3.05) is 33.7 Å². The Kier molecular flexibility index (Phi) is 3.72. The molecule has 0 aromatic rings. The molecule has 0 unspecified atom stereocenters. The zero-order valence-electron chi connectivity index (χ0n) is 8.92. The first-order valence-electron chi connectivity index (χ1n) is 5.08. The highest BCUT2D eigenvalue weighted by Gasteiger charge is 2.32. The first-order chi connectivity index (χ1) is 6.15. The van der Waals surface area contributed by atoms with Gasteiger partial charge >= 0.3 is 0 Å². The average Bonchev–Trinajstić information content (AvgIpc) is 2.86. The molecule has 3 heteroatoms. The molecule has 1 aliphatic carbocycles. The Hall–Kier alpha value is -0.570. The Balaban J connectivity index is 2.28. The summed E-state index contributed by atoms with van der Waals surface area (Å²) in [5.74, 6) is 0.728. The van der Waals surface area contributed by atoms with Crippen LogP contribution in [0.15, 0.2) is 0 Å². The zero-order chi connectivity index (χ0) is 9.84. The largest absolute Gasteiger partial charge is 0.341 e. The van der Waals surface area contributed by atoms with Gasteiger partial charge in [-0.05, 0) is 33.9 Å². The number of amides is 1. The van der Waals surface area contributed by atoms with Crippen LogP contribution in [-0.2, 0) is 4.79 Å². The van der Waals surface area contributed by atoms with E-state index in [9.17, 15) is 4.79 Å². The normalized spacial score (nSPS) is 16.3. The fourth-order valence-corrected chi connectivity index (χ4v) is 1.33. The molecule has 0 aromatic heterocycles. The quantitative estimate of drug-likeness (QED) is 0.631. The van der Waals surface area contributed by atoms with Crippen molar-refractivity contribution in [3.63, 3.8) is 0 Å². The first kappa shape index (κ1) is 10.5. The minimum Gasteiger partial charge on any atom is -0.341 e. The molecular formula is C10H20N2O. The first-order valence-corrected chi connectivity index (χ1v) is 5.08. The van der Waals surface area contributed by atoms with Crippen LogP contribution in [0.1, 0.15) is 19.8 Å². The van der Waals surface area contributed by atoms with E-state index in [1.54, 1.807) is 0 Å². The molecule has 1 fully saturated rings. The number of nitrogens with zero attached hydrogens (tertiary/aromatic N) is 2. The van der Waals surface area contributed by atoms with Gasteiger partial charge in [-0.1, -0.05) is 0 Å². The lowest BCUT2D eigenvalue weighted by Gasteiger charge is -2.22. The van der Waals surface area contributed by atoms with Gasteiger partial charge in [0.1, 0.15) is 0 Å². The summed E-state index contributed by atoms with van der Waals surface area (Å²) in [7, 11) is 4.07. The van der Waals surface area contributed by atoms with E-state index in [2.05, 4.69) is 11.8 Å². The molecule has 13 heavy (non-hydrogen) atoms. The van der Waals surface area contributed by atoms with Crippen molar-refractivity contribution < 1.29 is 4.79 Å². The number of carbonyl (C=O) groups excluding carboxylic acids is 1. The van der Waals surface area contributed by atoms with Crippen molar-refractivity contribution in [2.24, 2.45) is 5.92 Å². The van der Waals surface area contributed by atoms with Crippen LogP contribution in [0.5, 0.6) is 0 Å². The van der Waals surface area contributed by atoms with Crippen LogP contribution >= 0.6 is 0 Å². The van der Waals surface area contributed by atoms with Gasteiger partial charge in [0.25, 0.3) is 0 Å². The van der Waals surface area contributed by atoms with E-state index in [-0.39, 0.29) is 0 Å². The van der Waals surface area contributed by atoms with Crippen LogP contribution in [0.2, 0.25) is 0 Å².